The number of carbonyl (C=O) groups is 1. The molecular formula is C13H19NO4. The predicted octanol–water partition coefficient (Wildman–Crippen LogP) is 1.04. The summed E-state index contributed by atoms with van der Waals surface area (Å²) >= 11 is 0. The van der Waals surface area contributed by atoms with Crippen LogP contribution in [0.1, 0.15) is 12.5 Å². The quantitative estimate of drug-likeness (QED) is 0.823. The van der Waals surface area contributed by atoms with E-state index in [1.807, 2.05) is 6.92 Å². The van der Waals surface area contributed by atoms with Gasteiger partial charge in [0.25, 0.3) is 5.91 Å². The van der Waals surface area contributed by atoms with E-state index in [1.165, 1.54) is 0 Å². The number of rotatable bonds is 6. The number of hydrogen-bond acceptors (Lipinski definition) is 4. The molecule has 5 nitrogen and oxygen atoms in total. The summed E-state index contributed by atoms with van der Waals surface area (Å²) in [6, 6.07) is 5.09. The van der Waals surface area contributed by atoms with E-state index in [2.05, 4.69) is 0 Å². The molecule has 100 valence electrons. The van der Waals surface area contributed by atoms with E-state index in [1.54, 1.807) is 37.3 Å². The molecule has 0 heterocycles. The van der Waals surface area contributed by atoms with Gasteiger partial charge in [-0.15, -0.1) is 0 Å². The van der Waals surface area contributed by atoms with Crippen molar-refractivity contribution in [3.63, 3.8) is 0 Å². The number of amides is 1. The Morgan fingerprint density at radius 1 is 1.44 bits per heavy atom. The van der Waals surface area contributed by atoms with Gasteiger partial charge in [0.1, 0.15) is 11.5 Å². The maximum absolute atomic E-state index is 11.6. The zero-order valence-electron chi connectivity index (χ0n) is 11.0. The van der Waals surface area contributed by atoms with Crippen LogP contribution in [0.3, 0.4) is 0 Å². The molecular weight excluding hydrogens is 234 g/mol. The molecule has 0 atom stereocenters. The minimum atomic E-state index is -0.162. The maximum atomic E-state index is 11.6. The third-order valence-corrected chi connectivity index (χ3v) is 2.69. The van der Waals surface area contributed by atoms with E-state index in [9.17, 15) is 9.90 Å². The van der Waals surface area contributed by atoms with Crippen LogP contribution in [0.4, 0.5) is 0 Å². The second-order valence-electron chi connectivity index (χ2n) is 3.83. The van der Waals surface area contributed by atoms with Crippen LogP contribution in [0.2, 0.25) is 0 Å². The van der Waals surface area contributed by atoms with Gasteiger partial charge >= 0.3 is 0 Å². The number of methoxy groups -OCH3 is 1. The second-order valence-corrected chi connectivity index (χ2v) is 3.83. The first-order valence-electron chi connectivity index (χ1n) is 5.76. The van der Waals surface area contributed by atoms with Crippen molar-refractivity contribution >= 4 is 5.91 Å². The molecule has 0 aromatic heterocycles. The Kier molecular flexibility index (Phi) is 5.45. The third kappa shape index (κ3) is 3.63. The third-order valence-electron chi connectivity index (χ3n) is 2.69. The Hall–Kier alpha value is -1.75. The average molecular weight is 253 g/mol. The van der Waals surface area contributed by atoms with Gasteiger partial charge in [-0.3, -0.25) is 4.79 Å². The van der Waals surface area contributed by atoms with Crippen LogP contribution >= 0.6 is 0 Å². The molecule has 1 amide bonds. The van der Waals surface area contributed by atoms with E-state index < -0.39 is 0 Å². The molecule has 0 bridgehead atoms. The number of nitrogens with zero attached hydrogens (tertiary/aromatic N) is 1. The lowest BCUT2D eigenvalue weighted by atomic mass is 10.2. The van der Waals surface area contributed by atoms with E-state index >= 15 is 0 Å². The molecule has 1 N–H and O–H groups in total. The first-order chi connectivity index (χ1) is 8.62. The lowest BCUT2D eigenvalue weighted by molar-refractivity contribution is -0.131. The van der Waals surface area contributed by atoms with Crippen molar-refractivity contribution in [2.24, 2.45) is 0 Å². The number of benzene rings is 1. The smallest absolute Gasteiger partial charge is 0.260 e. The fraction of sp³-hybridized carbons (Fsp3) is 0.462. The summed E-state index contributed by atoms with van der Waals surface area (Å²) in [5.74, 6) is 1.04. The first-order valence-corrected chi connectivity index (χ1v) is 5.76. The minimum absolute atomic E-state index is 0.0380. The van der Waals surface area contributed by atoms with Crippen molar-refractivity contribution in [2.45, 2.75) is 13.5 Å². The van der Waals surface area contributed by atoms with Gasteiger partial charge in [0.15, 0.2) is 6.61 Å². The maximum Gasteiger partial charge on any atom is 0.260 e. The Morgan fingerprint density at radius 2 is 2.17 bits per heavy atom. The largest absolute Gasteiger partial charge is 0.497 e. The van der Waals surface area contributed by atoms with Crippen LogP contribution in [-0.4, -0.2) is 43.2 Å². The van der Waals surface area contributed by atoms with Gasteiger partial charge in [-0.1, -0.05) is 0 Å². The number of aliphatic hydroxyl groups is 1. The molecule has 0 radical (unpaired) electrons. The number of ether oxygens (including phenoxy) is 2. The van der Waals surface area contributed by atoms with Crippen LogP contribution in [-0.2, 0) is 11.4 Å². The van der Waals surface area contributed by atoms with Gasteiger partial charge in [-0.05, 0) is 25.1 Å². The highest BCUT2D eigenvalue weighted by atomic mass is 16.5. The highest BCUT2D eigenvalue weighted by molar-refractivity contribution is 5.77. The molecule has 1 rings (SSSR count). The van der Waals surface area contributed by atoms with Gasteiger partial charge < -0.3 is 19.5 Å². The average Bonchev–Trinajstić information content (AvgIpc) is 2.43. The second kappa shape index (κ2) is 6.86. The van der Waals surface area contributed by atoms with E-state index in [4.69, 9.17) is 9.47 Å². The number of aliphatic hydroxyl groups excluding tert-OH is 1. The Balaban J connectivity index is 2.70. The normalized spacial score (nSPS) is 10.0. The first kappa shape index (κ1) is 14.3. The van der Waals surface area contributed by atoms with Gasteiger partial charge in [-0.25, -0.2) is 0 Å². The summed E-state index contributed by atoms with van der Waals surface area (Å²) in [5, 5.41) is 9.23. The summed E-state index contributed by atoms with van der Waals surface area (Å²) in [6.45, 7) is 2.33. The molecule has 0 spiro atoms. The lowest BCUT2D eigenvalue weighted by Crippen LogP contribution is -2.31. The highest BCUT2D eigenvalue weighted by Gasteiger charge is 2.10. The molecule has 5 heteroatoms. The molecule has 0 aliphatic rings. The molecule has 0 saturated carbocycles. The van der Waals surface area contributed by atoms with Crippen molar-refractivity contribution in [1.82, 2.24) is 4.90 Å². The van der Waals surface area contributed by atoms with E-state index in [-0.39, 0.29) is 19.1 Å². The van der Waals surface area contributed by atoms with Crippen molar-refractivity contribution in [3.05, 3.63) is 23.8 Å². The van der Waals surface area contributed by atoms with E-state index in [0.717, 1.165) is 0 Å². The van der Waals surface area contributed by atoms with Gasteiger partial charge in [-0.2, -0.15) is 0 Å². The predicted molar refractivity (Wildman–Crippen MR) is 67.7 cm³/mol. The molecule has 0 saturated heterocycles. The molecule has 0 aliphatic heterocycles. The molecule has 0 unspecified atom stereocenters. The van der Waals surface area contributed by atoms with Crippen molar-refractivity contribution < 1.29 is 19.4 Å². The van der Waals surface area contributed by atoms with Crippen LogP contribution in [0.5, 0.6) is 11.5 Å². The lowest BCUT2D eigenvalue weighted by Gasteiger charge is -2.16. The van der Waals surface area contributed by atoms with Crippen molar-refractivity contribution in [3.8, 4) is 11.5 Å². The Morgan fingerprint density at radius 3 is 2.72 bits per heavy atom. The van der Waals surface area contributed by atoms with Gasteiger partial charge in [0.05, 0.1) is 13.7 Å². The molecule has 1 aromatic rings. The zero-order chi connectivity index (χ0) is 13.5. The number of carbonyl (C=O) groups excluding carboxylic acids is 1. The summed E-state index contributed by atoms with van der Waals surface area (Å²) < 4.78 is 10.5. The summed E-state index contributed by atoms with van der Waals surface area (Å²) in [5.41, 5.74) is 0.598. The SMILES string of the molecule is CCN(C)C(=O)COc1ccc(OC)cc1CO. The van der Waals surface area contributed by atoms with Gasteiger partial charge in [0, 0.05) is 19.2 Å². The van der Waals surface area contributed by atoms with Crippen molar-refractivity contribution in [2.75, 3.05) is 27.3 Å². The van der Waals surface area contributed by atoms with E-state index in [0.29, 0.717) is 23.6 Å². The summed E-state index contributed by atoms with van der Waals surface area (Å²) in [4.78, 5) is 13.2. The Labute approximate surface area is 107 Å². The van der Waals surface area contributed by atoms with Crippen molar-refractivity contribution in [1.29, 1.82) is 0 Å². The number of likely N-dealkylation sites (N-methyl/N-ethyl adjacent to an activating group) is 1. The topological polar surface area (TPSA) is 59.0 Å². The fourth-order valence-electron chi connectivity index (χ4n) is 1.37. The van der Waals surface area contributed by atoms with Crippen LogP contribution < -0.4 is 9.47 Å². The highest BCUT2D eigenvalue weighted by Crippen LogP contribution is 2.24. The Bertz CT molecular complexity index is 406. The number of hydrogen-bond donors (Lipinski definition) is 1. The molecule has 0 fully saturated rings. The van der Waals surface area contributed by atoms with Gasteiger partial charge in [0.2, 0.25) is 0 Å². The molecule has 1 aromatic carbocycles. The monoisotopic (exact) mass is 253 g/mol. The standard InChI is InChI=1S/C13H19NO4/c1-4-14(2)13(16)9-18-12-6-5-11(17-3)7-10(12)8-15/h5-7,15H,4,8-9H2,1-3H3. The molecule has 18 heavy (non-hydrogen) atoms. The molecule has 0 aliphatic carbocycles. The van der Waals surface area contributed by atoms with Crippen LogP contribution in [0.25, 0.3) is 0 Å². The minimum Gasteiger partial charge on any atom is -0.497 e. The van der Waals surface area contributed by atoms with Crippen LogP contribution in [0, 0.1) is 0 Å². The summed E-state index contributed by atoms with van der Waals surface area (Å²) in [6.07, 6.45) is 0. The van der Waals surface area contributed by atoms with Crippen LogP contribution in [0.15, 0.2) is 18.2 Å². The summed E-state index contributed by atoms with van der Waals surface area (Å²) in [7, 11) is 3.27. The zero-order valence-corrected chi connectivity index (χ0v) is 11.0. The fourth-order valence-corrected chi connectivity index (χ4v) is 1.37.